The van der Waals surface area contributed by atoms with Crippen LogP contribution in [0.2, 0.25) is 5.02 Å². The summed E-state index contributed by atoms with van der Waals surface area (Å²) in [6, 6.07) is 20.0. The van der Waals surface area contributed by atoms with Crippen molar-refractivity contribution in [3.05, 3.63) is 88.9 Å². The number of carbonyl (C=O) groups is 2. The second-order valence-electron chi connectivity index (χ2n) is 8.00. The van der Waals surface area contributed by atoms with Gasteiger partial charge in [-0.3, -0.25) is 14.3 Å². The largest absolute Gasteiger partial charge is 0.368 e. The zero-order valence-electron chi connectivity index (χ0n) is 18.6. The van der Waals surface area contributed by atoms with E-state index in [1.807, 2.05) is 12.1 Å². The van der Waals surface area contributed by atoms with E-state index in [0.717, 1.165) is 5.69 Å². The third-order valence-electron chi connectivity index (χ3n) is 5.72. The average molecular weight is 498 g/mol. The summed E-state index contributed by atoms with van der Waals surface area (Å²) in [6.07, 6.45) is 0. The van der Waals surface area contributed by atoms with Gasteiger partial charge >= 0.3 is 0 Å². The Hall–Kier alpha value is -3.36. The Bertz CT molecular complexity index is 1320. The maximum absolute atomic E-state index is 13.1. The first kappa shape index (κ1) is 23.8. The Labute approximate surface area is 204 Å². The normalized spacial score (nSPS) is 14.1. The molecule has 3 aromatic carbocycles. The Morgan fingerprint density at radius 3 is 2.18 bits per heavy atom. The van der Waals surface area contributed by atoms with Gasteiger partial charge in [-0.2, -0.15) is 0 Å². The number of halogens is 1. The first-order valence-corrected chi connectivity index (χ1v) is 12.6. The molecule has 1 saturated heterocycles. The molecule has 1 aliphatic heterocycles. The molecule has 0 aromatic heterocycles. The van der Waals surface area contributed by atoms with Gasteiger partial charge in [-0.15, -0.1) is 0 Å². The van der Waals surface area contributed by atoms with Crippen LogP contribution in [0.5, 0.6) is 0 Å². The molecule has 3 aromatic rings. The topological polar surface area (TPSA) is 86.8 Å². The first-order chi connectivity index (χ1) is 16.2. The summed E-state index contributed by atoms with van der Waals surface area (Å²) in [4.78, 5) is 28.4. The number of nitrogens with zero attached hydrogens (tertiary/aromatic N) is 2. The molecule has 0 atom stereocenters. The molecule has 0 unspecified atom stereocenters. The number of carbonyl (C=O) groups excluding carboxylic acids is 2. The highest BCUT2D eigenvalue weighted by molar-refractivity contribution is 7.92. The molecule has 1 fully saturated rings. The number of sulfonamides is 1. The van der Waals surface area contributed by atoms with Crippen molar-refractivity contribution in [2.45, 2.75) is 11.8 Å². The predicted molar refractivity (Wildman–Crippen MR) is 133 cm³/mol. The maximum Gasteiger partial charge on any atom is 0.261 e. The molecule has 1 aliphatic rings. The highest BCUT2D eigenvalue weighted by atomic mass is 35.5. The van der Waals surface area contributed by atoms with E-state index in [-0.39, 0.29) is 27.3 Å². The van der Waals surface area contributed by atoms with E-state index in [0.29, 0.717) is 37.3 Å². The van der Waals surface area contributed by atoms with Crippen LogP contribution in [-0.2, 0) is 10.0 Å². The smallest absolute Gasteiger partial charge is 0.261 e. The van der Waals surface area contributed by atoms with Crippen LogP contribution >= 0.6 is 11.6 Å². The monoisotopic (exact) mass is 497 g/mol. The molecule has 1 amide bonds. The summed E-state index contributed by atoms with van der Waals surface area (Å²) in [5.74, 6) is -0.199. The highest BCUT2D eigenvalue weighted by Crippen LogP contribution is 2.25. The van der Waals surface area contributed by atoms with Crippen molar-refractivity contribution in [1.82, 2.24) is 4.90 Å². The van der Waals surface area contributed by atoms with Crippen LogP contribution in [0.25, 0.3) is 0 Å². The first-order valence-electron chi connectivity index (χ1n) is 10.8. The zero-order chi connectivity index (χ0) is 24.3. The number of ketones is 1. The van der Waals surface area contributed by atoms with Crippen LogP contribution in [-0.4, -0.2) is 51.2 Å². The van der Waals surface area contributed by atoms with Crippen LogP contribution in [0.1, 0.15) is 27.6 Å². The molecule has 7 nitrogen and oxygen atoms in total. The molecule has 4 rings (SSSR count). The number of Topliss-reactive ketones (excluding diaryl/α,β-unsaturated/α-hetero) is 1. The van der Waals surface area contributed by atoms with Crippen LogP contribution in [0, 0.1) is 0 Å². The maximum atomic E-state index is 13.1. The number of rotatable bonds is 6. The third-order valence-corrected chi connectivity index (χ3v) is 7.41. The molecular weight excluding hydrogens is 474 g/mol. The van der Waals surface area contributed by atoms with Crippen LogP contribution in [0.4, 0.5) is 11.4 Å². The molecule has 34 heavy (non-hydrogen) atoms. The lowest BCUT2D eigenvalue weighted by atomic mass is 10.1. The van der Waals surface area contributed by atoms with Gasteiger partial charge in [0.1, 0.15) is 0 Å². The lowest BCUT2D eigenvalue weighted by Crippen LogP contribution is -2.48. The summed E-state index contributed by atoms with van der Waals surface area (Å²) in [6.45, 7) is 3.81. The van der Waals surface area contributed by atoms with Gasteiger partial charge in [0, 0.05) is 43.0 Å². The fourth-order valence-corrected chi connectivity index (χ4v) is 5.17. The molecule has 9 heteroatoms. The summed E-state index contributed by atoms with van der Waals surface area (Å²) in [5.41, 5.74) is 2.24. The zero-order valence-corrected chi connectivity index (χ0v) is 20.1. The van der Waals surface area contributed by atoms with E-state index < -0.39 is 10.0 Å². The Morgan fingerprint density at radius 1 is 0.853 bits per heavy atom. The average Bonchev–Trinajstić information content (AvgIpc) is 2.85. The van der Waals surface area contributed by atoms with Crippen molar-refractivity contribution in [1.29, 1.82) is 0 Å². The van der Waals surface area contributed by atoms with Crippen molar-refractivity contribution in [3.8, 4) is 0 Å². The molecule has 0 radical (unpaired) electrons. The number of benzene rings is 3. The summed E-state index contributed by atoms with van der Waals surface area (Å²) < 4.78 is 28.2. The number of para-hydroxylation sites is 1. The lowest BCUT2D eigenvalue weighted by Gasteiger charge is -2.36. The van der Waals surface area contributed by atoms with Gasteiger partial charge < -0.3 is 9.80 Å². The fourth-order valence-electron chi connectivity index (χ4n) is 3.80. The van der Waals surface area contributed by atoms with Gasteiger partial charge in [0.2, 0.25) is 0 Å². The molecule has 1 heterocycles. The number of hydrogen-bond donors (Lipinski definition) is 1. The van der Waals surface area contributed by atoms with Crippen molar-refractivity contribution in [2.75, 3.05) is 35.8 Å². The number of amides is 1. The van der Waals surface area contributed by atoms with Crippen LogP contribution < -0.4 is 9.62 Å². The standard InChI is InChI=1S/C25H24ClN3O4S/c1-18(30)19-9-11-21(12-10-19)28-13-15-29(16-14-28)25(31)20-5-4-6-22(17-20)34(32,33)27-24-8-3-2-7-23(24)26/h2-12,17,27H,13-16H2,1H3. The molecule has 1 N–H and O–H groups in total. The summed E-state index contributed by atoms with van der Waals surface area (Å²) in [5, 5.41) is 0.284. The quantitative estimate of drug-likeness (QED) is 0.513. The second kappa shape index (κ2) is 9.87. The minimum absolute atomic E-state index is 0.0116. The lowest BCUT2D eigenvalue weighted by molar-refractivity contribution is 0.0746. The van der Waals surface area contributed by atoms with E-state index in [2.05, 4.69) is 9.62 Å². The van der Waals surface area contributed by atoms with Gasteiger partial charge in [0.15, 0.2) is 5.78 Å². The number of hydrogen-bond acceptors (Lipinski definition) is 5. The number of anilines is 2. The molecule has 176 valence electrons. The van der Waals surface area contributed by atoms with E-state index in [4.69, 9.17) is 11.6 Å². The Kier molecular flexibility index (Phi) is 6.90. The van der Waals surface area contributed by atoms with E-state index in [9.17, 15) is 18.0 Å². The minimum atomic E-state index is -3.91. The van der Waals surface area contributed by atoms with E-state index >= 15 is 0 Å². The third kappa shape index (κ3) is 5.24. The van der Waals surface area contributed by atoms with E-state index in [1.54, 1.807) is 53.4 Å². The molecule has 0 saturated carbocycles. The molecule has 0 spiro atoms. The van der Waals surface area contributed by atoms with Gasteiger partial charge in [0.25, 0.3) is 15.9 Å². The van der Waals surface area contributed by atoms with Crippen molar-refractivity contribution in [3.63, 3.8) is 0 Å². The molecule has 0 bridgehead atoms. The van der Waals surface area contributed by atoms with Crippen molar-refractivity contribution in [2.24, 2.45) is 0 Å². The van der Waals surface area contributed by atoms with E-state index in [1.165, 1.54) is 19.1 Å². The highest BCUT2D eigenvalue weighted by Gasteiger charge is 2.24. The second-order valence-corrected chi connectivity index (χ2v) is 10.1. The fraction of sp³-hybridized carbons (Fsp3) is 0.200. The predicted octanol–water partition coefficient (Wildman–Crippen LogP) is 4.31. The van der Waals surface area contributed by atoms with Gasteiger partial charge in [-0.1, -0.05) is 29.8 Å². The van der Waals surface area contributed by atoms with Gasteiger partial charge in [0.05, 0.1) is 15.6 Å². The van der Waals surface area contributed by atoms with Crippen LogP contribution in [0.3, 0.4) is 0 Å². The molecule has 0 aliphatic carbocycles. The SMILES string of the molecule is CC(=O)c1ccc(N2CCN(C(=O)c3cccc(S(=O)(=O)Nc4ccccc4Cl)c3)CC2)cc1. The molecular formula is C25H24ClN3O4S. The summed E-state index contributed by atoms with van der Waals surface area (Å²) >= 11 is 6.07. The number of nitrogens with one attached hydrogen (secondary N) is 1. The Morgan fingerprint density at radius 2 is 1.53 bits per heavy atom. The van der Waals surface area contributed by atoms with Crippen molar-refractivity contribution >= 4 is 44.7 Å². The van der Waals surface area contributed by atoms with Crippen molar-refractivity contribution < 1.29 is 18.0 Å². The number of piperazine rings is 1. The Balaban J connectivity index is 1.43. The summed E-state index contributed by atoms with van der Waals surface area (Å²) in [7, 11) is -3.91. The van der Waals surface area contributed by atoms with Gasteiger partial charge in [-0.05, 0) is 61.5 Å². The van der Waals surface area contributed by atoms with Gasteiger partial charge in [-0.25, -0.2) is 8.42 Å². The minimum Gasteiger partial charge on any atom is -0.368 e. The van der Waals surface area contributed by atoms with Crippen LogP contribution in [0.15, 0.2) is 77.7 Å².